The monoisotopic (exact) mass is 372 g/mol. The van der Waals surface area contributed by atoms with E-state index in [1.165, 1.54) is 17.1 Å². The maximum Gasteiger partial charge on any atom is 0.368 e. The van der Waals surface area contributed by atoms with Gasteiger partial charge in [-0.2, -0.15) is 5.06 Å². The number of hydrogen-bond acceptors (Lipinski definition) is 6. The molecule has 26 heavy (non-hydrogen) atoms. The van der Waals surface area contributed by atoms with E-state index >= 15 is 0 Å². The summed E-state index contributed by atoms with van der Waals surface area (Å²) in [5.41, 5.74) is 0.580. The number of carbonyl (C=O) groups excluding carboxylic acids is 2. The Morgan fingerprint density at radius 1 is 1.50 bits per heavy atom. The molecule has 2 fully saturated rings. The molecule has 4 atom stereocenters. The lowest BCUT2D eigenvalue weighted by atomic mass is 10.00. The van der Waals surface area contributed by atoms with Crippen LogP contribution in [0, 0.1) is 0 Å². The van der Waals surface area contributed by atoms with Crippen LogP contribution in [0.5, 0.6) is 0 Å². The smallest absolute Gasteiger partial charge is 0.368 e. The van der Waals surface area contributed by atoms with Crippen LogP contribution in [0.2, 0.25) is 0 Å². The number of carboxylic acid groups (broad SMARTS) is 1. The highest BCUT2D eigenvalue weighted by Gasteiger charge is 2.50. The Balaban J connectivity index is 1.79. The summed E-state index contributed by atoms with van der Waals surface area (Å²) in [6.07, 6.45) is 0.277. The summed E-state index contributed by atoms with van der Waals surface area (Å²) in [5.74, 6) is -2.26. The van der Waals surface area contributed by atoms with Crippen molar-refractivity contribution in [2.75, 3.05) is 20.2 Å². The molecule has 0 aromatic carbocycles. The summed E-state index contributed by atoms with van der Waals surface area (Å²) in [4.78, 5) is 47.3. The third-order valence-corrected chi connectivity index (χ3v) is 4.68. The van der Waals surface area contributed by atoms with E-state index < -0.39 is 36.3 Å². The number of rotatable bonds is 6. The fourth-order valence-electron chi connectivity index (χ4n) is 3.55. The van der Waals surface area contributed by atoms with E-state index in [2.05, 4.69) is 10.2 Å². The zero-order valence-electron chi connectivity index (χ0n) is 14.4. The number of hydrogen-bond donors (Lipinski definition) is 2. The van der Waals surface area contributed by atoms with Crippen LogP contribution in [-0.2, 0) is 19.3 Å². The SMILES string of the molecule is CON(C(=O)[C@@H]1C(C)=C[C@@H]2CN1C(=O)N2O[C@@H](F)C(=O)O)[C@H]1CCCN1. The number of amides is 3. The summed E-state index contributed by atoms with van der Waals surface area (Å²) >= 11 is 0. The molecule has 0 radical (unpaired) electrons. The number of nitrogens with one attached hydrogen (secondary N) is 1. The van der Waals surface area contributed by atoms with Gasteiger partial charge in [-0.25, -0.2) is 23.9 Å². The minimum Gasteiger partial charge on any atom is -0.477 e. The molecule has 2 saturated heterocycles. The van der Waals surface area contributed by atoms with Gasteiger partial charge in [0.2, 0.25) is 0 Å². The van der Waals surface area contributed by atoms with E-state index in [4.69, 9.17) is 9.94 Å². The zero-order chi connectivity index (χ0) is 19.0. The molecule has 0 spiro atoms. The minimum absolute atomic E-state index is 0.0918. The molecule has 10 nitrogen and oxygen atoms in total. The van der Waals surface area contributed by atoms with Crippen LogP contribution in [0.25, 0.3) is 0 Å². The third kappa shape index (κ3) is 3.13. The average molecular weight is 372 g/mol. The Labute approximate surface area is 149 Å². The summed E-state index contributed by atoms with van der Waals surface area (Å²) in [5, 5.41) is 13.7. The molecule has 3 heterocycles. The molecular weight excluding hydrogens is 351 g/mol. The number of carboxylic acids is 1. The van der Waals surface area contributed by atoms with E-state index in [0.717, 1.165) is 19.4 Å². The molecule has 144 valence electrons. The fourth-order valence-corrected chi connectivity index (χ4v) is 3.55. The van der Waals surface area contributed by atoms with Crippen LogP contribution in [0.3, 0.4) is 0 Å². The molecule has 2 bridgehead atoms. The first-order valence-electron chi connectivity index (χ1n) is 8.27. The minimum atomic E-state index is -2.67. The Kier molecular flexibility index (Phi) is 5.12. The van der Waals surface area contributed by atoms with Gasteiger partial charge in [-0.1, -0.05) is 6.08 Å². The van der Waals surface area contributed by atoms with E-state index in [-0.39, 0.29) is 12.7 Å². The van der Waals surface area contributed by atoms with Crippen LogP contribution in [0.1, 0.15) is 19.8 Å². The van der Waals surface area contributed by atoms with Gasteiger partial charge in [0.25, 0.3) is 5.91 Å². The van der Waals surface area contributed by atoms with Crippen molar-refractivity contribution in [2.24, 2.45) is 0 Å². The maximum atomic E-state index is 13.4. The largest absolute Gasteiger partial charge is 0.477 e. The molecule has 0 aliphatic carbocycles. The van der Waals surface area contributed by atoms with Crippen LogP contribution < -0.4 is 5.32 Å². The highest BCUT2D eigenvalue weighted by atomic mass is 19.1. The van der Waals surface area contributed by atoms with Gasteiger partial charge in [-0.3, -0.25) is 14.9 Å². The Bertz CT molecular complexity index is 638. The first-order chi connectivity index (χ1) is 12.3. The van der Waals surface area contributed by atoms with E-state index in [0.29, 0.717) is 10.6 Å². The van der Waals surface area contributed by atoms with Crippen molar-refractivity contribution in [1.82, 2.24) is 20.3 Å². The third-order valence-electron chi connectivity index (χ3n) is 4.68. The number of halogens is 1. The second kappa shape index (κ2) is 7.17. The fraction of sp³-hybridized carbons (Fsp3) is 0.667. The van der Waals surface area contributed by atoms with Crippen molar-refractivity contribution < 1.29 is 33.6 Å². The van der Waals surface area contributed by atoms with Gasteiger partial charge in [-0.05, 0) is 31.9 Å². The normalized spacial score (nSPS) is 29.0. The second-order valence-corrected chi connectivity index (χ2v) is 6.36. The molecule has 3 amide bonds. The topological polar surface area (TPSA) is 112 Å². The number of aliphatic carboxylic acids is 1. The average Bonchev–Trinajstić information content (AvgIpc) is 3.19. The molecule has 3 aliphatic heterocycles. The van der Waals surface area contributed by atoms with Gasteiger partial charge in [0.15, 0.2) is 0 Å². The molecule has 2 N–H and O–H groups in total. The first kappa shape index (κ1) is 18.5. The number of alkyl halides is 1. The van der Waals surface area contributed by atoms with Gasteiger partial charge in [0, 0.05) is 0 Å². The lowest BCUT2D eigenvalue weighted by molar-refractivity contribution is -0.219. The van der Waals surface area contributed by atoms with E-state index in [1.807, 2.05) is 0 Å². The molecule has 0 unspecified atom stereocenters. The number of hydroxylamine groups is 4. The lowest BCUT2D eigenvalue weighted by Crippen LogP contribution is -2.55. The number of fused-ring (bicyclic) bond motifs is 2. The maximum absolute atomic E-state index is 13.4. The summed E-state index contributed by atoms with van der Waals surface area (Å²) in [7, 11) is 1.38. The highest BCUT2D eigenvalue weighted by molar-refractivity contribution is 5.91. The number of nitrogens with zero attached hydrogens (tertiary/aromatic N) is 3. The first-order valence-corrected chi connectivity index (χ1v) is 8.27. The van der Waals surface area contributed by atoms with Gasteiger partial charge >= 0.3 is 18.4 Å². The predicted molar refractivity (Wildman–Crippen MR) is 83.8 cm³/mol. The van der Waals surface area contributed by atoms with Crippen LogP contribution in [0.15, 0.2) is 11.6 Å². The van der Waals surface area contributed by atoms with Crippen molar-refractivity contribution in [3.05, 3.63) is 11.6 Å². The summed E-state index contributed by atoms with van der Waals surface area (Å²) < 4.78 is 13.4. The summed E-state index contributed by atoms with van der Waals surface area (Å²) in [6, 6.07) is -2.34. The van der Waals surface area contributed by atoms with Crippen LogP contribution >= 0.6 is 0 Å². The summed E-state index contributed by atoms with van der Waals surface area (Å²) in [6.45, 7) is 2.53. The molecular formula is C15H21FN4O6. The Hall–Kier alpha value is -2.24. The molecule has 0 saturated carbocycles. The van der Waals surface area contributed by atoms with Crippen molar-refractivity contribution >= 4 is 17.9 Å². The van der Waals surface area contributed by atoms with Crippen molar-refractivity contribution in [2.45, 2.75) is 44.4 Å². The number of urea groups is 1. The molecule has 0 aromatic rings. The highest BCUT2D eigenvalue weighted by Crippen LogP contribution is 2.31. The predicted octanol–water partition coefficient (Wildman–Crippen LogP) is -0.168. The molecule has 0 aromatic heterocycles. The van der Waals surface area contributed by atoms with Gasteiger partial charge in [0.1, 0.15) is 12.2 Å². The molecule has 11 heteroatoms. The van der Waals surface area contributed by atoms with Gasteiger partial charge < -0.3 is 10.0 Å². The van der Waals surface area contributed by atoms with Crippen LogP contribution in [0.4, 0.5) is 9.18 Å². The quantitative estimate of drug-likeness (QED) is 0.492. The van der Waals surface area contributed by atoms with Crippen LogP contribution in [-0.4, -0.2) is 82.8 Å². The molecule has 3 rings (SSSR count). The van der Waals surface area contributed by atoms with Gasteiger partial charge in [0.05, 0.1) is 19.7 Å². The number of carbonyl (C=O) groups is 3. The van der Waals surface area contributed by atoms with Crippen molar-refractivity contribution in [3.8, 4) is 0 Å². The van der Waals surface area contributed by atoms with E-state index in [9.17, 15) is 18.8 Å². The second-order valence-electron chi connectivity index (χ2n) is 6.36. The van der Waals surface area contributed by atoms with Crippen molar-refractivity contribution in [1.29, 1.82) is 0 Å². The van der Waals surface area contributed by atoms with E-state index in [1.54, 1.807) is 13.0 Å². The molecule has 3 aliphatic rings. The Morgan fingerprint density at radius 2 is 2.23 bits per heavy atom. The van der Waals surface area contributed by atoms with Crippen molar-refractivity contribution in [3.63, 3.8) is 0 Å². The zero-order valence-corrected chi connectivity index (χ0v) is 14.4. The standard InChI is InChI=1S/C15H21FN4O6/c1-8-6-9-7-18(15(24)19(9)26-12(16)14(22)23)11(8)13(21)20(25-2)10-4-3-5-17-10/h6,9-12,17H,3-5,7H2,1-2H3,(H,22,23)/t9-,10+,11+,12-/m1/s1. The Morgan fingerprint density at radius 3 is 2.81 bits per heavy atom. The lowest BCUT2D eigenvalue weighted by Gasteiger charge is -2.35. The van der Waals surface area contributed by atoms with Gasteiger partial charge in [-0.15, -0.1) is 0 Å².